The highest BCUT2D eigenvalue weighted by atomic mass is 35.5. The van der Waals surface area contributed by atoms with Gasteiger partial charge in [-0.3, -0.25) is 14.4 Å². The molecule has 1 aliphatic heterocycles. The summed E-state index contributed by atoms with van der Waals surface area (Å²) < 4.78 is 7.45. The van der Waals surface area contributed by atoms with Crippen molar-refractivity contribution in [3.05, 3.63) is 70.3 Å². The van der Waals surface area contributed by atoms with Crippen LogP contribution in [0.1, 0.15) is 43.5 Å². The fourth-order valence-corrected chi connectivity index (χ4v) is 3.47. The van der Waals surface area contributed by atoms with Crippen LogP contribution >= 0.6 is 11.6 Å². The molecule has 162 valence electrons. The lowest BCUT2D eigenvalue weighted by Gasteiger charge is -2.14. The summed E-state index contributed by atoms with van der Waals surface area (Å²) in [6.07, 6.45) is 0. The minimum atomic E-state index is 0.0370. The van der Waals surface area contributed by atoms with Crippen LogP contribution in [0.5, 0.6) is 5.75 Å². The topological polar surface area (TPSA) is 81.4 Å². The van der Waals surface area contributed by atoms with Crippen LogP contribution in [0.2, 0.25) is 5.02 Å². The van der Waals surface area contributed by atoms with Gasteiger partial charge in [-0.25, -0.2) is 0 Å². The molecule has 2 aromatic carbocycles. The Kier molecular flexibility index (Phi) is 7.07. The van der Waals surface area contributed by atoms with Crippen LogP contribution in [0, 0.1) is 6.92 Å². The normalized spacial score (nSPS) is 12.0. The summed E-state index contributed by atoms with van der Waals surface area (Å²) in [6.45, 7) is 7.79. The molecule has 0 saturated carbocycles. The molecule has 0 fully saturated rings. The molecular formula is C23H26ClN5O2. The highest BCUT2D eigenvalue weighted by Gasteiger charge is 2.22. The molecule has 1 aliphatic rings. The van der Waals surface area contributed by atoms with Gasteiger partial charge in [0.05, 0.1) is 18.5 Å². The zero-order chi connectivity index (χ0) is 22.5. The van der Waals surface area contributed by atoms with Crippen LogP contribution < -0.4 is 10.1 Å². The number of aliphatic imine (C=N–C) groups is 1. The Hall–Kier alpha value is -3.19. The Morgan fingerprint density at radius 2 is 1.87 bits per heavy atom. The maximum absolute atomic E-state index is 10.1. The first-order valence-electron chi connectivity index (χ1n) is 9.97. The molecule has 2 heterocycles. The minimum absolute atomic E-state index is 0.0370. The van der Waals surface area contributed by atoms with Gasteiger partial charge in [-0.15, -0.1) is 10.2 Å². The lowest BCUT2D eigenvalue weighted by molar-refractivity contribution is -0.119. The van der Waals surface area contributed by atoms with Crippen LogP contribution in [0.3, 0.4) is 0 Å². The fraction of sp³-hybridized carbons (Fsp3) is 0.304. The zero-order valence-electron chi connectivity index (χ0n) is 18.3. The van der Waals surface area contributed by atoms with Crippen LogP contribution in [-0.2, 0) is 11.3 Å². The molecule has 8 heteroatoms. The number of carbonyl (C=O) groups excluding carboxylic acids is 1. The molecule has 0 aliphatic carbocycles. The number of nitrogens with one attached hydrogen (secondary N) is 1. The molecule has 0 unspecified atom stereocenters. The molecule has 0 spiro atoms. The van der Waals surface area contributed by atoms with E-state index >= 15 is 0 Å². The smallest absolute Gasteiger partial charge is 0.217 e. The number of nitrogens with zero attached hydrogens (tertiary/aromatic N) is 4. The summed E-state index contributed by atoms with van der Waals surface area (Å²) in [4.78, 5) is 14.9. The van der Waals surface area contributed by atoms with Gasteiger partial charge in [-0.05, 0) is 51.1 Å². The van der Waals surface area contributed by atoms with E-state index in [1.807, 2.05) is 67.8 Å². The van der Waals surface area contributed by atoms with Gasteiger partial charge in [-0.1, -0.05) is 23.7 Å². The third-order valence-corrected chi connectivity index (χ3v) is 4.83. The number of aromatic nitrogens is 3. The molecule has 1 amide bonds. The Morgan fingerprint density at radius 1 is 1.16 bits per heavy atom. The summed E-state index contributed by atoms with van der Waals surface area (Å²) in [5.41, 5.74) is 3.88. The Bertz CT molecular complexity index is 1100. The molecule has 0 radical (unpaired) electrons. The summed E-state index contributed by atoms with van der Waals surface area (Å²) in [7, 11) is 1.66. The quantitative estimate of drug-likeness (QED) is 0.665. The van der Waals surface area contributed by atoms with Crippen LogP contribution in [0.4, 0.5) is 0 Å². The molecule has 7 nitrogen and oxygen atoms in total. The average molecular weight is 440 g/mol. The van der Waals surface area contributed by atoms with E-state index in [0.29, 0.717) is 11.6 Å². The van der Waals surface area contributed by atoms with Crippen molar-refractivity contribution < 1.29 is 9.53 Å². The van der Waals surface area contributed by atoms with Crippen molar-refractivity contribution in [3.8, 4) is 11.4 Å². The van der Waals surface area contributed by atoms with Gasteiger partial charge in [0.1, 0.15) is 18.1 Å². The molecule has 0 atom stereocenters. The Labute approximate surface area is 187 Å². The second kappa shape index (κ2) is 9.75. The van der Waals surface area contributed by atoms with Crippen molar-refractivity contribution in [1.82, 2.24) is 20.1 Å². The average Bonchev–Trinajstić information content (AvgIpc) is 3.00. The van der Waals surface area contributed by atoms with Crippen molar-refractivity contribution in [3.63, 3.8) is 0 Å². The standard InChI is InChI=1S/C18H15ClN4O.C5H11NO/c1-11-21-22-17-10-20-18(12-3-5-13(19)6-4-12)15-9-14(24-2)7-8-16(15)23(11)17;1-4(2)6-5(3)7/h3-9H,10H2,1-2H3;4H,1-3H3,(H,6,7). The summed E-state index contributed by atoms with van der Waals surface area (Å²) in [6, 6.07) is 13.9. The van der Waals surface area contributed by atoms with E-state index in [9.17, 15) is 4.79 Å². The number of ether oxygens (including phenoxy) is 1. The number of methoxy groups -OCH3 is 1. The molecule has 31 heavy (non-hydrogen) atoms. The van der Waals surface area contributed by atoms with Gasteiger partial charge in [0.15, 0.2) is 5.82 Å². The second-order valence-corrected chi connectivity index (χ2v) is 7.85. The third-order valence-electron chi connectivity index (χ3n) is 4.58. The Balaban J connectivity index is 0.000000339. The number of benzene rings is 2. The zero-order valence-corrected chi connectivity index (χ0v) is 19.1. The number of hydrogen-bond donors (Lipinski definition) is 1. The van der Waals surface area contributed by atoms with Crippen LogP contribution in [0.25, 0.3) is 5.69 Å². The fourth-order valence-electron chi connectivity index (χ4n) is 3.34. The SMILES string of the molecule is CC(=O)NC(C)C.COc1ccc2c(c1)C(c1ccc(Cl)cc1)=NCc1nnc(C)n1-2. The van der Waals surface area contributed by atoms with Crippen molar-refractivity contribution in [2.75, 3.05) is 7.11 Å². The first-order valence-corrected chi connectivity index (χ1v) is 10.3. The molecule has 1 N–H and O–H groups in total. The largest absolute Gasteiger partial charge is 0.497 e. The number of halogens is 1. The summed E-state index contributed by atoms with van der Waals surface area (Å²) >= 11 is 6.02. The van der Waals surface area contributed by atoms with E-state index in [2.05, 4.69) is 15.5 Å². The van der Waals surface area contributed by atoms with Crippen molar-refractivity contribution in [2.24, 2.45) is 4.99 Å². The number of hydrogen-bond acceptors (Lipinski definition) is 5. The van der Waals surface area contributed by atoms with Crippen LogP contribution in [0.15, 0.2) is 47.5 Å². The predicted molar refractivity (Wildman–Crippen MR) is 122 cm³/mol. The van der Waals surface area contributed by atoms with E-state index in [4.69, 9.17) is 21.3 Å². The lowest BCUT2D eigenvalue weighted by atomic mass is 10.00. The van der Waals surface area contributed by atoms with Gasteiger partial charge >= 0.3 is 0 Å². The van der Waals surface area contributed by atoms with Gasteiger partial charge in [-0.2, -0.15) is 0 Å². The monoisotopic (exact) mass is 439 g/mol. The van der Waals surface area contributed by atoms with Crippen molar-refractivity contribution in [1.29, 1.82) is 0 Å². The van der Waals surface area contributed by atoms with E-state index in [0.717, 1.165) is 39.9 Å². The van der Waals surface area contributed by atoms with Gasteiger partial charge in [0.2, 0.25) is 5.91 Å². The van der Waals surface area contributed by atoms with E-state index < -0.39 is 0 Å². The highest BCUT2D eigenvalue weighted by Crippen LogP contribution is 2.29. The van der Waals surface area contributed by atoms with E-state index in [-0.39, 0.29) is 11.9 Å². The first kappa shape index (κ1) is 22.5. The molecule has 0 bridgehead atoms. The molecular weight excluding hydrogens is 414 g/mol. The first-order chi connectivity index (χ1) is 14.8. The van der Waals surface area contributed by atoms with Crippen LogP contribution in [-0.4, -0.2) is 39.5 Å². The predicted octanol–water partition coefficient (Wildman–Crippen LogP) is 4.12. The van der Waals surface area contributed by atoms with Crippen molar-refractivity contribution in [2.45, 2.75) is 40.3 Å². The highest BCUT2D eigenvalue weighted by molar-refractivity contribution is 6.30. The van der Waals surface area contributed by atoms with E-state index in [1.54, 1.807) is 7.11 Å². The molecule has 3 aromatic rings. The molecule has 1 aromatic heterocycles. The lowest BCUT2D eigenvalue weighted by Crippen LogP contribution is -2.27. The number of aryl methyl sites for hydroxylation is 1. The summed E-state index contributed by atoms with van der Waals surface area (Å²) in [5.74, 6) is 2.48. The van der Waals surface area contributed by atoms with Gasteiger partial charge in [0, 0.05) is 29.1 Å². The van der Waals surface area contributed by atoms with E-state index in [1.165, 1.54) is 6.92 Å². The van der Waals surface area contributed by atoms with Gasteiger partial charge in [0.25, 0.3) is 0 Å². The number of carbonyl (C=O) groups is 1. The number of fused-ring (bicyclic) bond motifs is 3. The Morgan fingerprint density at radius 3 is 2.45 bits per heavy atom. The second-order valence-electron chi connectivity index (χ2n) is 7.41. The molecule has 0 saturated heterocycles. The van der Waals surface area contributed by atoms with Crippen molar-refractivity contribution >= 4 is 23.2 Å². The maximum atomic E-state index is 10.1. The maximum Gasteiger partial charge on any atom is 0.217 e. The molecule has 4 rings (SSSR count). The van der Waals surface area contributed by atoms with Gasteiger partial charge < -0.3 is 10.1 Å². The third kappa shape index (κ3) is 5.30. The number of amides is 1. The minimum Gasteiger partial charge on any atom is -0.497 e. The summed E-state index contributed by atoms with van der Waals surface area (Å²) in [5, 5.41) is 11.8. The number of rotatable bonds is 3.